The predicted octanol–water partition coefficient (Wildman–Crippen LogP) is 1.36. The molecule has 19 heavy (non-hydrogen) atoms. The van der Waals surface area contributed by atoms with Gasteiger partial charge in [-0.1, -0.05) is 19.8 Å². The lowest BCUT2D eigenvalue weighted by Crippen LogP contribution is -2.43. The van der Waals surface area contributed by atoms with Gasteiger partial charge >= 0.3 is 12.0 Å². The fourth-order valence-electron chi connectivity index (χ4n) is 2.26. The number of carboxylic acid groups (broad SMARTS) is 1. The van der Waals surface area contributed by atoms with E-state index in [1.807, 2.05) is 0 Å². The maximum absolute atomic E-state index is 11.6. The molecule has 0 saturated heterocycles. The smallest absolute Gasteiger partial charge is 0.329 e. The van der Waals surface area contributed by atoms with Crippen LogP contribution in [0.25, 0.3) is 0 Å². The van der Waals surface area contributed by atoms with Crippen molar-refractivity contribution in [2.24, 2.45) is 5.92 Å². The van der Waals surface area contributed by atoms with Crippen LogP contribution >= 0.6 is 0 Å². The van der Waals surface area contributed by atoms with Crippen LogP contribution in [0.1, 0.15) is 39.0 Å². The topological polar surface area (TPSA) is 87.7 Å². The lowest BCUT2D eigenvalue weighted by molar-refractivity contribution is -0.142. The summed E-state index contributed by atoms with van der Waals surface area (Å²) in [6.45, 7) is 2.45. The number of rotatable bonds is 6. The van der Waals surface area contributed by atoms with Gasteiger partial charge in [0.05, 0.1) is 6.61 Å². The Bertz CT molecular complexity index is 296. The minimum atomic E-state index is -1.00. The van der Waals surface area contributed by atoms with Crippen LogP contribution in [0, 0.1) is 5.92 Å². The first-order valence-electron chi connectivity index (χ1n) is 6.92. The van der Waals surface area contributed by atoms with Crippen molar-refractivity contribution in [2.45, 2.75) is 45.1 Å². The van der Waals surface area contributed by atoms with Crippen molar-refractivity contribution >= 4 is 12.0 Å². The summed E-state index contributed by atoms with van der Waals surface area (Å²) in [6, 6.07) is 0.0587. The number of nitrogens with one attached hydrogen (secondary N) is 2. The second-order valence-corrected chi connectivity index (χ2v) is 5.16. The van der Waals surface area contributed by atoms with Crippen molar-refractivity contribution in [1.29, 1.82) is 0 Å². The molecule has 1 aliphatic rings. The summed E-state index contributed by atoms with van der Waals surface area (Å²) < 4.78 is 4.83. The standard InChI is InChI=1S/C13H24N2O4/c1-10-3-2-4-11(6-5-10)15-13(18)14-7-8-19-9-12(16)17/h10-11H,2-9H2,1H3,(H,16,17)(H2,14,15,18). The number of carbonyl (C=O) groups excluding carboxylic acids is 1. The fourth-order valence-corrected chi connectivity index (χ4v) is 2.26. The molecule has 0 heterocycles. The molecule has 0 aliphatic heterocycles. The Labute approximate surface area is 113 Å². The van der Waals surface area contributed by atoms with E-state index >= 15 is 0 Å². The van der Waals surface area contributed by atoms with Crippen LogP contribution in [0.3, 0.4) is 0 Å². The molecule has 3 N–H and O–H groups in total. The molecule has 0 spiro atoms. The molecule has 2 amide bonds. The van der Waals surface area contributed by atoms with Gasteiger partial charge in [-0.3, -0.25) is 0 Å². The molecule has 0 bridgehead atoms. The second kappa shape index (κ2) is 8.74. The molecule has 6 heteroatoms. The summed E-state index contributed by atoms with van der Waals surface area (Å²) in [5, 5.41) is 14.0. The molecule has 1 aliphatic carbocycles. The number of hydrogen-bond acceptors (Lipinski definition) is 3. The molecular formula is C13H24N2O4. The van der Waals surface area contributed by atoms with Crippen LogP contribution in [-0.2, 0) is 9.53 Å². The van der Waals surface area contributed by atoms with Crippen LogP contribution < -0.4 is 10.6 Å². The van der Waals surface area contributed by atoms with E-state index in [1.165, 1.54) is 6.42 Å². The van der Waals surface area contributed by atoms with Crippen LogP contribution in [0.2, 0.25) is 0 Å². The van der Waals surface area contributed by atoms with E-state index in [1.54, 1.807) is 0 Å². The molecule has 6 nitrogen and oxygen atoms in total. The zero-order chi connectivity index (χ0) is 14.1. The van der Waals surface area contributed by atoms with E-state index in [0.29, 0.717) is 6.54 Å². The maximum atomic E-state index is 11.6. The van der Waals surface area contributed by atoms with Gasteiger partial charge in [0.1, 0.15) is 6.61 Å². The second-order valence-electron chi connectivity index (χ2n) is 5.16. The zero-order valence-corrected chi connectivity index (χ0v) is 11.5. The summed E-state index contributed by atoms with van der Waals surface area (Å²) in [4.78, 5) is 21.8. The SMILES string of the molecule is CC1CCCC(NC(=O)NCCOCC(=O)O)CC1. The maximum Gasteiger partial charge on any atom is 0.329 e. The first kappa shape index (κ1) is 15.8. The Morgan fingerprint density at radius 3 is 2.79 bits per heavy atom. The third kappa shape index (κ3) is 7.66. The van der Waals surface area contributed by atoms with E-state index in [9.17, 15) is 9.59 Å². The molecule has 0 radical (unpaired) electrons. The van der Waals surface area contributed by atoms with Crippen molar-refractivity contribution in [3.63, 3.8) is 0 Å². The molecule has 1 saturated carbocycles. The van der Waals surface area contributed by atoms with Gasteiger partial charge in [0, 0.05) is 12.6 Å². The number of aliphatic carboxylic acids is 1. The highest BCUT2D eigenvalue weighted by atomic mass is 16.5. The Balaban J connectivity index is 2.08. The van der Waals surface area contributed by atoms with E-state index in [-0.39, 0.29) is 25.3 Å². The third-order valence-corrected chi connectivity index (χ3v) is 3.35. The van der Waals surface area contributed by atoms with E-state index in [0.717, 1.165) is 31.6 Å². The average Bonchev–Trinajstić information content (AvgIpc) is 2.54. The molecule has 0 aromatic rings. The van der Waals surface area contributed by atoms with Gasteiger partial charge in [0.2, 0.25) is 0 Å². The lowest BCUT2D eigenvalue weighted by Gasteiger charge is -2.16. The van der Waals surface area contributed by atoms with Crippen molar-refractivity contribution in [3.05, 3.63) is 0 Å². The Morgan fingerprint density at radius 2 is 2.05 bits per heavy atom. The van der Waals surface area contributed by atoms with Gasteiger partial charge in [-0.05, 0) is 25.2 Å². The number of carboxylic acids is 1. The summed E-state index contributed by atoms with van der Waals surface area (Å²) >= 11 is 0. The molecule has 2 atom stereocenters. The summed E-state index contributed by atoms with van der Waals surface area (Å²) in [6.07, 6.45) is 5.63. The first-order valence-corrected chi connectivity index (χ1v) is 6.92. The van der Waals surface area contributed by atoms with Crippen LogP contribution in [0.15, 0.2) is 0 Å². The van der Waals surface area contributed by atoms with E-state index in [2.05, 4.69) is 17.6 Å². The minimum Gasteiger partial charge on any atom is -0.480 e. The van der Waals surface area contributed by atoms with Crippen LogP contribution in [0.5, 0.6) is 0 Å². The van der Waals surface area contributed by atoms with E-state index < -0.39 is 5.97 Å². The number of urea groups is 1. The number of ether oxygens (including phenoxy) is 1. The zero-order valence-electron chi connectivity index (χ0n) is 11.5. The summed E-state index contributed by atoms with van der Waals surface area (Å²) in [5.74, 6) is -0.253. The van der Waals surface area contributed by atoms with Gasteiger partial charge < -0.3 is 20.5 Å². The molecule has 2 unspecified atom stereocenters. The lowest BCUT2D eigenvalue weighted by atomic mass is 10.0. The van der Waals surface area contributed by atoms with Gasteiger partial charge in [-0.15, -0.1) is 0 Å². The van der Waals surface area contributed by atoms with Crippen molar-refractivity contribution in [2.75, 3.05) is 19.8 Å². The first-order chi connectivity index (χ1) is 9.08. The third-order valence-electron chi connectivity index (χ3n) is 3.35. The number of hydrogen-bond donors (Lipinski definition) is 3. The molecule has 1 rings (SSSR count). The van der Waals surface area contributed by atoms with Gasteiger partial charge in [0.15, 0.2) is 0 Å². The molecule has 110 valence electrons. The molecular weight excluding hydrogens is 248 g/mol. The Morgan fingerprint density at radius 1 is 1.26 bits per heavy atom. The molecule has 0 aromatic carbocycles. The van der Waals surface area contributed by atoms with Gasteiger partial charge in [-0.2, -0.15) is 0 Å². The fraction of sp³-hybridized carbons (Fsp3) is 0.846. The molecule has 0 aromatic heterocycles. The van der Waals surface area contributed by atoms with Crippen LogP contribution in [0.4, 0.5) is 4.79 Å². The highest BCUT2D eigenvalue weighted by molar-refractivity contribution is 5.74. The monoisotopic (exact) mass is 272 g/mol. The Hall–Kier alpha value is -1.30. The van der Waals surface area contributed by atoms with Gasteiger partial charge in [0.25, 0.3) is 0 Å². The van der Waals surface area contributed by atoms with Gasteiger partial charge in [-0.25, -0.2) is 9.59 Å². The van der Waals surface area contributed by atoms with Crippen molar-refractivity contribution in [1.82, 2.24) is 10.6 Å². The largest absolute Gasteiger partial charge is 0.480 e. The number of carbonyl (C=O) groups is 2. The summed E-state index contributed by atoms with van der Waals surface area (Å²) in [5.41, 5.74) is 0. The van der Waals surface area contributed by atoms with E-state index in [4.69, 9.17) is 9.84 Å². The summed E-state index contributed by atoms with van der Waals surface area (Å²) in [7, 11) is 0. The van der Waals surface area contributed by atoms with Crippen molar-refractivity contribution < 1.29 is 19.4 Å². The minimum absolute atomic E-state index is 0.196. The average molecular weight is 272 g/mol. The highest BCUT2D eigenvalue weighted by Crippen LogP contribution is 2.22. The van der Waals surface area contributed by atoms with Crippen LogP contribution in [-0.4, -0.2) is 42.9 Å². The highest BCUT2D eigenvalue weighted by Gasteiger charge is 2.17. The Kier molecular flexibility index (Phi) is 7.25. The predicted molar refractivity (Wildman–Crippen MR) is 71.0 cm³/mol. The number of amides is 2. The van der Waals surface area contributed by atoms with Crippen molar-refractivity contribution in [3.8, 4) is 0 Å². The molecule has 1 fully saturated rings. The quantitative estimate of drug-likeness (QED) is 0.503. The normalized spacial score (nSPS) is 23.4.